The lowest BCUT2D eigenvalue weighted by atomic mass is 10.3. The Morgan fingerprint density at radius 2 is 2.26 bits per heavy atom. The van der Waals surface area contributed by atoms with Gasteiger partial charge in [-0.25, -0.2) is 4.98 Å². The monoisotopic (exact) mass is 312 g/mol. The first-order valence-electron chi connectivity index (χ1n) is 7.38. The summed E-state index contributed by atoms with van der Waals surface area (Å²) in [5.74, 6) is 0.426. The minimum Gasteiger partial charge on any atom is -0.479 e. The maximum absolute atomic E-state index is 9.86. The van der Waals surface area contributed by atoms with Crippen molar-refractivity contribution in [1.82, 2.24) is 19.5 Å². The molecule has 8 heteroatoms. The lowest BCUT2D eigenvalue weighted by Crippen LogP contribution is -2.07. The summed E-state index contributed by atoms with van der Waals surface area (Å²) in [5, 5.41) is 13.0. The number of nitrogens with one attached hydrogen (secondary N) is 1. The van der Waals surface area contributed by atoms with E-state index in [-0.39, 0.29) is 12.2 Å². The van der Waals surface area contributed by atoms with E-state index in [0.29, 0.717) is 22.7 Å². The molecule has 0 saturated carbocycles. The zero-order valence-electron chi connectivity index (χ0n) is 12.3. The average molecular weight is 312 g/mol. The second-order valence-electron chi connectivity index (χ2n) is 5.41. The van der Waals surface area contributed by atoms with Crippen LogP contribution in [0.15, 0.2) is 30.6 Å². The topological polar surface area (TPSA) is 111 Å². The summed E-state index contributed by atoms with van der Waals surface area (Å²) in [6.45, 7) is 0.718. The molecule has 1 unspecified atom stereocenters. The van der Waals surface area contributed by atoms with E-state index in [0.717, 1.165) is 25.1 Å². The molecule has 0 spiro atoms. The highest BCUT2D eigenvalue weighted by Crippen LogP contribution is 2.30. The molecule has 3 aromatic rings. The number of nitrogens with zero attached hydrogens (tertiary/aromatic N) is 4. The fourth-order valence-electron chi connectivity index (χ4n) is 2.74. The summed E-state index contributed by atoms with van der Waals surface area (Å²) >= 11 is 0. The van der Waals surface area contributed by atoms with Gasteiger partial charge >= 0.3 is 6.01 Å². The molecule has 118 valence electrons. The summed E-state index contributed by atoms with van der Waals surface area (Å²) in [7, 11) is 0. The summed E-state index contributed by atoms with van der Waals surface area (Å²) < 4.78 is 7.49. The number of nitrogens with two attached hydrogens (primary N) is 1. The van der Waals surface area contributed by atoms with Crippen molar-refractivity contribution in [3.05, 3.63) is 30.6 Å². The fourth-order valence-corrected chi connectivity index (χ4v) is 2.74. The summed E-state index contributed by atoms with van der Waals surface area (Å²) in [5.41, 5.74) is 8.29. The van der Waals surface area contributed by atoms with Crippen LogP contribution in [0.2, 0.25) is 0 Å². The van der Waals surface area contributed by atoms with Gasteiger partial charge in [-0.3, -0.25) is 4.57 Å². The van der Waals surface area contributed by atoms with Crippen LogP contribution in [-0.4, -0.2) is 31.2 Å². The van der Waals surface area contributed by atoms with Crippen LogP contribution in [0.25, 0.3) is 11.2 Å². The molecule has 1 aliphatic rings. The third-order valence-electron chi connectivity index (χ3n) is 3.77. The Kier molecular flexibility index (Phi) is 3.23. The van der Waals surface area contributed by atoms with Crippen LogP contribution in [0.1, 0.15) is 19.1 Å². The zero-order chi connectivity index (χ0) is 15.8. The van der Waals surface area contributed by atoms with Gasteiger partial charge in [0.15, 0.2) is 17.0 Å². The van der Waals surface area contributed by atoms with E-state index in [2.05, 4.69) is 20.3 Å². The number of anilines is 3. The molecule has 3 heterocycles. The van der Waals surface area contributed by atoms with Gasteiger partial charge in [0.2, 0.25) is 0 Å². The summed E-state index contributed by atoms with van der Waals surface area (Å²) in [4.78, 5) is 12.5. The van der Waals surface area contributed by atoms with Crippen molar-refractivity contribution >= 4 is 28.4 Å². The van der Waals surface area contributed by atoms with Crippen LogP contribution in [0, 0.1) is 0 Å². The minimum atomic E-state index is -0.316. The van der Waals surface area contributed by atoms with Crippen LogP contribution >= 0.6 is 0 Å². The number of ether oxygens (including phenoxy) is 1. The summed E-state index contributed by atoms with van der Waals surface area (Å²) in [6, 6.07) is 6.95. The second kappa shape index (κ2) is 5.40. The van der Waals surface area contributed by atoms with Gasteiger partial charge in [0.25, 0.3) is 0 Å². The second-order valence-corrected chi connectivity index (χ2v) is 5.41. The number of aromatic hydroxyl groups is 1. The Morgan fingerprint density at radius 1 is 1.35 bits per heavy atom. The molecule has 1 saturated heterocycles. The highest BCUT2D eigenvalue weighted by Gasteiger charge is 2.22. The number of hydrogen-bond acceptors (Lipinski definition) is 7. The number of imidazole rings is 1. The molecule has 1 fully saturated rings. The van der Waals surface area contributed by atoms with Crippen LogP contribution < -0.4 is 11.1 Å². The normalized spacial score (nSPS) is 17.7. The Morgan fingerprint density at radius 3 is 3.04 bits per heavy atom. The number of aromatic nitrogens is 4. The molecule has 4 N–H and O–H groups in total. The highest BCUT2D eigenvalue weighted by molar-refractivity contribution is 5.86. The number of nitrogen functional groups attached to an aromatic ring is 1. The lowest BCUT2D eigenvalue weighted by Gasteiger charge is -2.12. The highest BCUT2D eigenvalue weighted by atomic mass is 16.5. The van der Waals surface area contributed by atoms with Crippen molar-refractivity contribution in [3.63, 3.8) is 0 Å². The van der Waals surface area contributed by atoms with Crippen molar-refractivity contribution in [1.29, 1.82) is 0 Å². The third kappa shape index (κ3) is 2.53. The molecule has 0 radical (unpaired) electrons. The molecular weight excluding hydrogens is 296 g/mol. The standard InChI is InChI=1S/C15H16N6O2/c16-9-3-1-4-10(7-9)18-13-12-14(20-15(22)19-13)21(8-17-12)11-5-2-6-23-11/h1,3-4,7-8,11H,2,5-6,16H2,(H2,18,19,20,22). The van der Waals surface area contributed by atoms with E-state index in [4.69, 9.17) is 10.5 Å². The van der Waals surface area contributed by atoms with Gasteiger partial charge in [-0.15, -0.1) is 0 Å². The van der Waals surface area contributed by atoms with E-state index < -0.39 is 0 Å². The molecule has 2 aromatic heterocycles. The van der Waals surface area contributed by atoms with Crippen molar-refractivity contribution in [3.8, 4) is 6.01 Å². The Labute approximate surface area is 131 Å². The predicted molar refractivity (Wildman–Crippen MR) is 85.3 cm³/mol. The van der Waals surface area contributed by atoms with Gasteiger partial charge < -0.3 is 20.9 Å². The van der Waals surface area contributed by atoms with Gasteiger partial charge in [-0.2, -0.15) is 9.97 Å². The number of rotatable bonds is 3. The Hall–Kier alpha value is -2.87. The molecular formula is C15H16N6O2. The fraction of sp³-hybridized carbons (Fsp3) is 0.267. The predicted octanol–water partition coefficient (Wildman–Crippen LogP) is 2.17. The molecule has 1 aromatic carbocycles. The maximum Gasteiger partial charge on any atom is 0.318 e. The number of benzene rings is 1. The van der Waals surface area contributed by atoms with Crippen LogP contribution in [0.4, 0.5) is 17.2 Å². The molecule has 4 rings (SSSR count). The van der Waals surface area contributed by atoms with E-state index in [1.165, 1.54) is 0 Å². The van der Waals surface area contributed by atoms with Crippen molar-refractivity contribution < 1.29 is 9.84 Å². The molecule has 1 aliphatic heterocycles. The molecule has 0 bridgehead atoms. The van der Waals surface area contributed by atoms with Crippen molar-refractivity contribution in [2.24, 2.45) is 0 Å². The van der Waals surface area contributed by atoms with Crippen molar-refractivity contribution in [2.75, 3.05) is 17.7 Å². The van der Waals surface area contributed by atoms with E-state index in [1.807, 2.05) is 16.7 Å². The number of fused-ring (bicyclic) bond motifs is 1. The van der Waals surface area contributed by atoms with Crippen LogP contribution in [0.5, 0.6) is 6.01 Å². The molecule has 1 atom stereocenters. The third-order valence-corrected chi connectivity index (χ3v) is 3.77. The molecule has 0 aliphatic carbocycles. The smallest absolute Gasteiger partial charge is 0.318 e. The van der Waals surface area contributed by atoms with Gasteiger partial charge in [0.1, 0.15) is 6.23 Å². The first-order chi connectivity index (χ1) is 11.2. The Bertz CT molecular complexity index is 856. The maximum atomic E-state index is 9.86. The quantitative estimate of drug-likeness (QED) is 0.635. The largest absolute Gasteiger partial charge is 0.479 e. The first-order valence-corrected chi connectivity index (χ1v) is 7.38. The van der Waals surface area contributed by atoms with Crippen LogP contribution in [0.3, 0.4) is 0 Å². The first kappa shape index (κ1) is 13.8. The minimum absolute atomic E-state index is 0.102. The van der Waals surface area contributed by atoms with E-state index >= 15 is 0 Å². The van der Waals surface area contributed by atoms with Gasteiger partial charge in [0, 0.05) is 18.0 Å². The summed E-state index contributed by atoms with van der Waals surface area (Å²) in [6.07, 6.45) is 3.46. The van der Waals surface area contributed by atoms with Gasteiger partial charge in [-0.05, 0) is 31.0 Å². The van der Waals surface area contributed by atoms with E-state index in [1.54, 1.807) is 18.5 Å². The molecule has 8 nitrogen and oxygen atoms in total. The van der Waals surface area contributed by atoms with Gasteiger partial charge in [0.05, 0.1) is 6.33 Å². The van der Waals surface area contributed by atoms with Crippen molar-refractivity contribution in [2.45, 2.75) is 19.1 Å². The SMILES string of the molecule is Nc1cccc(Nc2nc(O)nc3c2ncn3C2CCCO2)c1. The average Bonchev–Trinajstić information content (AvgIpc) is 3.15. The molecule has 0 amide bonds. The van der Waals surface area contributed by atoms with Gasteiger partial charge in [-0.1, -0.05) is 6.07 Å². The Balaban J connectivity index is 1.77. The number of hydrogen-bond donors (Lipinski definition) is 3. The van der Waals surface area contributed by atoms with E-state index in [9.17, 15) is 5.11 Å². The van der Waals surface area contributed by atoms with Crippen LogP contribution in [-0.2, 0) is 4.74 Å². The molecule has 23 heavy (non-hydrogen) atoms. The zero-order valence-corrected chi connectivity index (χ0v) is 12.3. The lowest BCUT2D eigenvalue weighted by molar-refractivity contribution is 0.0592.